The number of urea groups is 1. The Labute approximate surface area is 171 Å². The van der Waals surface area contributed by atoms with Crippen molar-refractivity contribution in [3.8, 4) is 5.69 Å². The van der Waals surface area contributed by atoms with E-state index in [4.69, 9.17) is 4.74 Å². The van der Waals surface area contributed by atoms with Crippen molar-refractivity contribution in [2.24, 2.45) is 0 Å². The highest BCUT2D eigenvalue weighted by Gasteiger charge is 2.25. The van der Waals surface area contributed by atoms with Crippen LogP contribution in [-0.4, -0.2) is 71.4 Å². The van der Waals surface area contributed by atoms with Crippen LogP contribution in [0.25, 0.3) is 5.69 Å². The highest BCUT2D eigenvalue weighted by Crippen LogP contribution is 2.22. The van der Waals surface area contributed by atoms with E-state index in [-0.39, 0.29) is 18.5 Å². The molecular formula is C21H29N5O3. The van der Waals surface area contributed by atoms with Gasteiger partial charge < -0.3 is 19.9 Å². The van der Waals surface area contributed by atoms with Gasteiger partial charge in [-0.15, -0.1) is 0 Å². The number of ether oxygens (including phenoxy) is 1. The highest BCUT2D eigenvalue weighted by atomic mass is 16.5. The number of aryl methyl sites for hydroxylation is 2. The van der Waals surface area contributed by atoms with Gasteiger partial charge in [0.2, 0.25) is 5.91 Å². The molecule has 0 saturated carbocycles. The van der Waals surface area contributed by atoms with Crippen LogP contribution >= 0.6 is 0 Å². The lowest BCUT2D eigenvalue weighted by atomic mass is 10.1. The molecule has 0 aliphatic carbocycles. The van der Waals surface area contributed by atoms with Crippen LogP contribution in [-0.2, 0) is 9.53 Å². The third-order valence-electron chi connectivity index (χ3n) is 5.23. The molecule has 0 bridgehead atoms. The first kappa shape index (κ1) is 20.9. The fourth-order valence-electron chi connectivity index (χ4n) is 3.45. The van der Waals surface area contributed by atoms with Gasteiger partial charge in [-0.05, 0) is 44.4 Å². The van der Waals surface area contributed by atoms with Gasteiger partial charge in [0.25, 0.3) is 0 Å². The first-order chi connectivity index (χ1) is 13.9. The fraction of sp³-hybridized carbons (Fsp3) is 0.476. The van der Waals surface area contributed by atoms with Crippen molar-refractivity contribution in [2.45, 2.75) is 27.2 Å². The van der Waals surface area contributed by atoms with E-state index in [9.17, 15) is 9.59 Å². The first-order valence-corrected chi connectivity index (χ1v) is 9.85. The Morgan fingerprint density at radius 2 is 2.03 bits per heavy atom. The van der Waals surface area contributed by atoms with Gasteiger partial charge >= 0.3 is 6.03 Å². The van der Waals surface area contributed by atoms with Crippen molar-refractivity contribution in [2.75, 3.05) is 45.2 Å². The molecule has 2 aromatic rings. The summed E-state index contributed by atoms with van der Waals surface area (Å²) in [6.07, 6.45) is 2.39. The van der Waals surface area contributed by atoms with Crippen molar-refractivity contribution < 1.29 is 14.3 Å². The Bertz CT molecular complexity index is 892. The lowest BCUT2D eigenvalue weighted by Gasteiger charge is -2.21. The lowest BCUT2D eigenvalue weighted by Crippen LogP contribution is -2.42. The molecule has 0 unspecified atom stereocenters. The van der Waals surface area contributed by atoms with Crippen LogP contribution in [0.1, 0.15) is 23.2 Å². The number of rotatable bonds is 5. The molecule has 1 N–H and O–H groups in total. The Hall–Kier alpha value is -2.87. The second kappa shape index (κ2) is 9.09. The van der Waals surface area contributed by atoms with Crippen molar-refractivity contribution in [3.05, 3.63) is 41.2 Å². The van der Waals surface area contributed by atoms with Crippen molar-refractivity contribution >= 4 is 17.6 Å². The predicted octanol–water partition coefficient (Wildman–Crippen LogP) is 2.51. The molecule has 1 aromatic carbocycles. The molecule has 1 saturated heterocycles. The summed E-state index contributed by atoms with van der Waals surface area (Å²) >= 11 is 0. The minimum atomic E-state index is -0.282. The molecule has 29 heavy (non-hydrogen) atoms. The molecular weight excluding hydrogens is 370 g/mol. The summed E-state index contributed by atoms with van der Waals surface area (Å²) < 4.78 is 6.89. The largest absolute Gasteiger partial charge is 0.383 e. The van der Waals surface area contributed by atoms with Crippen LogP contribution in [0.4, 0.5) is 10.5 Å². The maximum Gasteiger partial charge on any atom is 0.322 e. The molecule has 3 amide bonds. The zero-order valence-corrected chi connectivity index (χ0v) is 17.6. The summed E-state index contributed by atoms with van der Waals surface area (Å²) in [6.45, 7) is 8.27. The van der Waals surface area contributed by atoms with Gasteiger partial charge in [0.1, 0.15) is 6.54 Å². The van der Waals surface area contributed by atoms with E-state index < -0.39 is 0 Å². The maximum absolute atomic E-state index is 12.8. The van der Waals surface area contributed by atoms with Crippen LogP contribution in [0.15, 0.2) is 24.4 Å². The minimum Gasteiger partial charge on any atom is -0.383 e. The van der Waals surface area contributed by atoms with Gasteiger partial charge in [-0.1, -0.05) is 12.1 Å². The van der Waals surface area contributed by atoms with Gasteiger partial charge in [0.05, 0.1) is 29.9 Å². The number of carbonyl (C=O) groups is 2. The van der Waals surface area contributed by atoms with E-state index in [1.807, 2.05) is 25.5 Å². The van der Waals surface area contributed by atoms with E-state index in [1.165, 1.54) is 0 Å². The number of nitrogens with zero attached hydrogens (tertiary/aromatic N) is 4. The van der Waals surface area contributed by atoms with Gasteiger partial charge in [0, 0.05) is 26.7 Å². The fourth-order valence-corrected chi connectivity index (χ4v) is 3.45. The monoisotopic (exact) mass is 399 g/mol. The lowest BCUT2D eigenvalue weighted by molar-refractivity contribution is -0.131. The van der Waals surface area contributed by atoms with E-state index in [2.05, 4.69) is 28.6 Å². The van der Waals surface area contributed by atoms with Crippen LogP contribution in [0.5, 0.6) is 0 Å². The first-order valence-electron chi connectivity index (χ1n) is 9.85. The summed E-state index contributed by atoms with van der Waals surface area (Å²) in [5.41, 5.74) is 4.72. The molecule has 0 atom stereocenters. The summed E-state index contributed by atoms with van der Waals surface area (Å²) in [7, 11) is 1.61. The van der Waals surface area contributed by atoms with Gasteiger partial charge in [-0.3, -0.25) is 4.79 Å². The zero-order valence-electron chi connectivity index (χ0n) is 17.6. The van der Waals surface area contributed by atoms with Crippen molar-refractivity contribution in [1.82, 2.24) is 19.6 Å². The van der Waals surface area contributed by atoms with E-state index >= 15 is 0 Å². The average molecular weight is 399 g/mol. The van der Waals surface area contributed by atoms with Gasteiger partial charge in [0.15, 0.2) is 0 Å². The highest BCUT2D eigenvalue weighted by molar-refractivity contribution is 5.93. The normalized spacial score (nSPS) is 14.8. The van der Waals surface area contributed by atoms with Crippen molar-refractivity contribution in [1.29, 1.82) is 0 Å². The number of aromatic nitrogens is 2. The molecule has 1 fully saturated rings. The van der Waals surface area contributed by atoms with E-state index in [0.717, 1.165) is 28.9 Å². The Balaban J connectivity index is 1.71. The number of amides is 3. The summed E-state index contributed by atoms with van der Waals surface area (Å²) in [6, 6.07) is 5.91. The smallest absolute Gasteiger partial charge is 0.322 e. The number of methoxy groups -OCH3 is 1. The summed E-state index contributed by atoms with van der Waals surface area (Å²) in [5.74, 6) is -0.0579. The molecule has 0 spiro atoms. The summed E-state index contributed by atoms with van der Waals surface area (Å²) in [4.78, 5) is 28.5. The number of anilines is 1. The number of nitrogens with one attached hydrogen (secondary N) is 1. The predicted molar refractivity (Wildman–Crippen MR) is 111 cm³/mol. The van der Waals surface area contributed by atoms with Crippen molar-refractivity contribution in [3.63, 3.8) is 0 Å². The van der Waals surface area contributed by atoms with Crippen LogP contribution in [0.2, 0.25) is 0 Å². The average Bonchev–Trinajstić information content (AvgIpc) is 2.93. The van der Waals surface area contributed by atoms with Crippen LogP contribution < -0.4 is 5.32 Å². The molecule has 2 heterocycles. The number of hydrogen-bond acceptors (Lipinski definition) is 4. The van der Waals surface area contributed by atoms with Crippen LogP contribution in [0.3, 0.4) is 0 Å². The topological polar surface area (TPSA) is 79.7 Å². The van der Waals surface area contributed by atoms with E-state index in [1.54, 1.807) is 23.1 Å². The molecule has 1 aliphatic heterocycles. The number of benzene rings is 1. The molecule has 3 rings (SSSR count). The van der Waals surface area contributed by atoms with Gasteiger partial charge in [-0.25, -0.2) is 9.48 Å². The second-order valence-electron chi connectivity index (χ2n) is 7.42. The zero-order chi connectivity index (χ0) is 21.0. The Morgan fingerprint density at radius 1 is 1.24 bits per heavy atom. The molecule has 8 heteroatoms. The molecule has 0 radical (unpaired) electrons. The number of hydrogen-bond donors (Lipinski definition) is 1. The second-order valence-corrected chi connectivity index (χ2v) is 7.42. The Morgan fingerprint density at radius 3 is 2.79 bits per heavy atom. The van der Waals surface area contributed by atoms with Gasteiger partial charge in [-0.2, -0.15) is 5.10 Å². The molecule has 1 aromatic heterocycles. The van der Waals surface area contributed by atoms with Crippen LogP contribution in [0, 0.1) is 20.8 Å². The molecule has 1 aliphatic rings. The minimum absolute atomic E-state index is 0.0579. The standard InChI is InChI=1S/C21H29N5O3/c1-15-6-7-16(2)19(12-15)26-17(3)18(13-22-26)23-21(28)25-9-5-8-24(10-11-29-4)20(27)14-25/h6-7,12-13H,5,8-11,14H2,1-4H3,(H,23,28). The summed E-state index contributed by atoms with van der Waals surface area (Å²) in [5, 5.41) is 7.38. The number of carbonyl (C=O) groups excluding carboxylic acids is 2. The van der Waals surface area contributed by atoms with E-state index in [0.29, 0.717) is 31.9 Å². The third kappa shape index (κ3) is 4.76. The third-order valence-corrected chi connectivity index (χ3v) is 5.23. The Kier molecular flexibility index (Phi) is 6.53. The maximum atomic E-state index is 12.8. The molecule has 8 nitrogen and oxygen atoms in total. The SMILES string of the molecule is COCCN1CCCN(C(=O)Nc2cnn(-c3cc(C)ccc3C)c2C)CC1=O. The quantitative estimate of drug-likeness (QED) is 0.838. The molecule has 156 valence electrons.